The summed E-state index contributed by atoms with van der Waals surface area (Å²) < 4.78 is 0. The van der Waals surface area contributed by atoms with Crippen LogP contribution in [0.2, 0.25) is 0 Å². The van der Waals surface area contributed by atoms with Crippen molar-refractivity contribution in [3.63, 3.8) is 0 Å². The Kier molecular flexibility index (Phi) is 3.87. The van der Waals surface area contributed by atoms with Crippen LogP contribution in [0.4, 0.5) is 5.69 Å². The minimum absolute atomic E-state index is 0.0643. The quantitative estimate of drug-likeness (QED) is 0.806. The number of aromatic hydroxyl groups is 1. The first-order chi connectivity index (χ1) is 8.72. The molecular weight excluding hydrogens is 228 g/mol. The highest BCUT2D eigenvalue weighted by molar-refractivity contribution is 5.87. The highest BCUT2D eigenvalue weighted by atomic mass is 16.3. The molecule has 4 heteroatoms. The van der Waals surface area contributed by atoms with Gasteiger partial charge in [-0.2, -0.15) is 0 Å². The molecule has 1 aromatic rings. The molecule has 2 rings (SSSR count). The van der Waals surface area contributed by atoms with Crippen molar-refractivity contribution < 1.29 is 9.90 Å². The van der Waals surface area contributed by atoms with Crippen molar-refractivity contribution in [2.45, 2.75) is 6.92 Å². The van der Waals surface area contributed by atoms with Gasteiger partial charge < -0.3 is 14.9 Å². The van der Waals surface area contributed by atoms with E-state index in [-0.39, 0.29) is 5.91 Å². The average molecular weight is 246 g/mol. The Balaban J connectivity index is 1.99. The van der Waals surface area contributed by atoms with Crippen molar-refractivity contribution in [2.24, 2.45) is 0 Å². The number of allylic oxidation sites excluding steroid dienone is 1. The monoisotopic (exact) mass is 246 g/mol. The summed E-state index contributed by atoms with van der Waals surface area (Å²) in [5.41, 5.74) is 0.843. The van der Waals surface area contributed by atoms with Crippen molar-refractivity contribution in [2.75, 3.05) is 31.1 Å². The summed E-state index contributed by atoms with van der Waals surface area (Å²) >= 11 is 0. The summed E-state index contributed by atoms with van der Waals surface area (Å²) in [6, 6.07) is 7.31. The molecule has 0 saturated carbocycles. The van der Waals surface area contributed by atoms with Crippen molar-refractivity contribution in [1.82, 2.24) is 4.90 Å². The molecular formula is C14H18N2O2. The number of para-hydroxylation sites is 2. The lowest BCUT2D eigenvalue weighted by atomic mass is 10.2. The summed E-state index contributed by atoms with van der Waals surface area (Å²) in [5, 5.41) is 9.79. The molecule has 0 radical (unpaired) electrons. The SMILES string of the molecule is C/C=C/C(=O)N1CCN(c2ccccc2O)CC1. The lowest BCUT2D eigenvalue weighted by Gasteiger charge is -2.35. The number of amides is 1. The van der Waals surface area contributed by atoms with E-state index in [1.165, 1.54) is 0 Å². The van der Waals surface area contributed by atoms with Crippen LogP contribution in [0.15, 0.2) is 36.4 Å². The second-order valence-corrected chi connectivity index (χ2v) is 4.30. The molecule has 0 aromatic heterocycles. The van der Waals surface area contributed by atoms with Crippen LogP contribution < -0.4 is 4.90 Å². The summed E-state index contributed by atoms with van der Waals surface area (Å²) in [4.78, 5) is 15.6. The van der Waals surface area contributed by atoms with Gasteiger partial charge in [-0.15, -0.1) is 0 Å². The van der Waals surface area contributed by atoms with E-state index in [2.05, 4.69) is 4.90 Å². The van der Waals surface area contributed by atoms with Crippen LogP contribution in [0.5, 0.6) is 5.75 Å². The maximum absolute atomic E-state index is 11.7. The molecule has 1 saturated heterocycles. The van der Waals surface area contributed by atoms with E-state index in [4.69, 9.17) is 0 Å². The number of nitrogens with zero attached hydrogens (tertiary/aromatic N) is 2. The lowest BCUT2D eigenvalue weighted by Crippen LogP contribution is -2.48. The van der Waals surface area contributed by atoms with Gasteiger partial charge in [0.2, 0.25) is 5.91 Å². The zero-order chi connectivity index (χ0) is 13.0. The largest absolute Gasteiger partial charge is 0.506 e. The van der Waals surface area contributed by atoms with Gasteiger partial charge in [0.15, 0.2) is 0 Å². The first-order valence-corrected chi connectivity index (χ1v) is 6.17. The third-order valence-electron chi connectivity index (χ3n) is 3.12. The fraction of sp³-hybridized carbons (Fsp3) is 0.357. The number of hydrogen-bond acceptors (Lipinski definition) is 3. The Bertz CT molecular complexity index is 449. The fourth-order valence-electron chi connectivity index (χ4n) is 2.15. The van der Waals surface area contributed by atoms with Gasteiger partial charge in [-0.3, -0.25) is 4.79 Å². The van der Waals surface area contributed by atoms with Gasteiger partial charge in [0.05, 0.1) is 5.69 Å². The van der Waals surface area contributed by atoms with Crippen molar-refractivity contribution >= 4 is 11.6 Å². The molecule has 1 aliphatic heterocycles. The van der Waals surface area contributed by atoms with Crippen LogP contribution in [-0.4, -0.2) is 42.1 Å². The molecule has 4 nitrogen and oxygen atoms in total. The minimum Gasteiger partial charge on any atom is -0.506 e. The Morgan fingerprint density at radius 3 is 2.50 bits per heavy atom. The Morgan fingerprint density at radius 1 is 1.22 bits per heavy atom. The maximum Gasteiger partial charge on any atom is 0.246 e. The number of carbonyl (C=O) groups excluding carboxylic acids is 1. The maximum atomic E-state index is 11.7. The Labute approximate surface area is 107 Å². The van der Waals surface area contributed by atoms with E-state index >= 15 is 0 Å². The third-order valence-corrected chi connectivity index (χ3v) is 3.12. The molecule has 1 aliphatic rings. The van der Waals surface area contributed by atoms with Gasteiger partial charge in [-0.1, -0.05) is 18.2 Å². The van der Waals surface area contributed by atoms with Crippen molar-refractivity contribution in [1.29, 1.82) is 0 Å². The van der Waals surface area contributed by atoms with Gasteiger partial charge in [0, 0.05) is 26.2 Å². The van der Waals surface area contributed by atoms with E-state index in [9.17, 15) is 9.90 Å². The summed E-state index contributed by atoms with van der Waals surface area (Å²) in [6.45, 7) is 4.73. The predicted molar refractivity (Wildman–Crippen MR) is 71.7 cm³/mol. The van der Waals surface area contributed by atoms with Gasteiger partial charge in [0.25, 0.3) is 0 Å². The second kappa shape index (κ2) is 5.58. The molecule has 0 aliphatic carbocycles. The van der Waals surface area contributed by atoms with Gasteiger partial charge >= 0.3 is 0 Å². The second-order valence-electron chi connectivity index (χ2n) is 4.30. The van der Waals surface area contributed by atoms with Crippen LogP contribution in [0.1, 0.15) is 6.92 Å². The normalized spacial score (nSPS) is 16.3. The van der Waals surface area contributed by atoms with E-state index in [1.54, 1.807) is 18.2 Å². The minimum atomic E-state index is 0.0643. The number of carbonyl (C=O) groups is 1. The molecule has 96 valence electrons. The number of benzene rings is 1. The highest BCUT2D eigenvalue weighted by Crippen LogP contribution is 2.27. The molecule has 1 heterocycles. The zero-order valence-electron chi connectivity index (χ0n) is 10.5. The number of phenolic OH excluding ortho intramolecular Hbond substituents is 1. The molecule has 0 unspecified atom stereocenters. The Morgan fingerprint density at radius 2 is 1.89 bits per heavy atom. The zero-order valence-corrected chi connectivity index (χ0v) is 10.5. The fourth-order valence-corrected chi connectivity index (χ4v) is 2.15. The van der Waals surface area contributed by atoms with Crippen LogP contribution in [0.25, 0.3) is 0 Å². The van der Waals surface area contributed by atoms with Gasteiger partial charge in [-0.25, -0.2) is 0 Å². The van der Waals surface area contributed by atoms with Gasteiger partial charge in [0.1, 0.15) is 5.75 Å². The molecule has 18 heavy (non-hydrogen) atoms. The topological polar surface area (TPSA) is 43.8 Å². The average Bonchev–Trinajstić information content (AvgIpc) is 2.40. The molecule has 1 fully saturated rings. The molecule has 0 bridgehead atoms. The summed E-state index contributed by atoms with van der Waals surface area (Å²) in [5.74, 6) is 0.361. The number of piperazine rings is 1. The van der Waals surface area contributed by atoms with Gasteiger partial charge in [-0.05, 0) is 25.1 Å². The van der Waals surface area contributed by atoms with E-state index < -0.39 is 0 Å². The van der Waals surface area contributed by atoms with Crippen LogP contribution in [-0.2, 0) is 4.79 Å². The highest BCUT2D eigenvalue weighted by Gasteiger charge is 2.20. The third kappa shape index (κ3) is 2.64. The first-order valence-electron chi connectivity index (χ1n) is 6.17. The lowest BCUT2D eigenvalue weighted by molar-refractivity contribution is -0.126. The number of rotatable bonds is 2. The number of phenols is 1. The first kappa shape index (κ1) is 12.5. The number of hydrogen-bond donors (Lipinski definition) is 1. The van der Waals surface area contributed by atoms with E-state index in [1.807, 2.05) is 30.0 Å². The number of anilines is 1. The van der Waals surface area contributed by atoms with Crippen molar-refractivity contribution in [3.05, 3.63) is 36.4 Å². The molecule has 0 atom stereocenters. The van der Waals surface area contributed by atoms with Crippen LogP contribution >= 0.6 is 0 Å². The van der Waals surface area contributed by atoms with Crippen LogP contribution in [0.3, 0.4) is 0 Å². The van der Waals surface area contributed by atoms with E-state index in [0.29, 0.717) is 18.8 Å². The van der Waals surface area contributed by atoms with Crippen molar-refractivity contribution in [3.8, 4) is 5.75 Å². The summed E-state index contributed by atoms with van der Waals surface area (Å²) in [6.07, 6.45) is 3.35. The molecule has 1 amide bonds. The molecule has 1 aromatic carbocycles. The standard InChI is InChI=1S/C14H18N2O2/c1-2-5-14(18)16-10-8-15(9-11-16)12-6-3-4-7-13(12)17/h2-7,17H,8-11H2,1H3/b5-2+. The predicted octanol–water partition coefficient (Wildman–Crippen LogP) is 1.62. The smallest absolute Gasteiger partial charge is 0.246 e. The molecule has 1 N–H and O–H groups in total. The van der Waals surface area contributed by atoms with E-state index in [0.717, 1.165) is 18.8 Å². The summed E-state index contributed by atoms with van der Waals surface area (Å²) in [7, 11) is 0. The molecule has 0 spiro atoms. The van der Waals surface area contributed by atoms with Crippen LogP contribution in [0, 0.1) is 0 Å². The Hall–Kier alpha value is -1.97.